The Kier molecular flexibility index (Phi) is 5.16. The number of imidazole rings is 1. The molecule has 2 heterocycles. The first-order valence-electron chi connectivity index (χ1n) is 10.1. The zero-order valence-electron chi connectivity index (χ0n) is 17.5. The Bertz CT molecular complexity index is 1620. The van der Waals surface area contributed by atoms with Crippen LogP contribution in [0.4, 0.5) is 11.6 Å². The Morgan fingerprint density at radius 2 is 1.85 bits per heavy atom. The van der Waals surface area contributed by atoms with Gasteiger partial charge >= 0.3 is 0 Å². The zero-order chi connectivity index (χ0) is 23.2. The van der Waals surface area contributed by atoms with E-state index in [4.69, 9.17) is 15.9 Å². The van der Waals surface area contributed by atoms with Crippen LogP contribution in [0.1, 0.15) is 11.1 Å². The van der Waals surface area contributed by atoms with Gasteiger partial charge in [0, 0.05) is 16.1 Å². The molecular weight excluding hydrogens is 454 g/mol. The van der Waals surface area contributed by atoms with Gasteiger partial charge in [0.2, 0.25) is 16.0 Å². The Hall–Kier alpha value is -3.66. The second-order valence-electron chi connectivity index (χ2n) is 7.70. The third-order valence-electron chi connectivity index (χ3n) is 5.45. The van der Waals surface area contributed by atoms with Gasteiger partial charge in [0.15, 0.2) is 0 Å². The van der Waals surface area contributed by atoms with Crippen molar-refractivity contribution in [2.45, 2.75) is 11.4 Å². The Morgan fingerprint density at radius 3 is 2.58 bits per heavy atom. The van der Waals surface area contributed by atoms with Crippen molar-refractivity contribution in [3.63, 3.8) is 0 Å². The van der Waals surface area contributed by atoms with E-state index in [0.29, 0.717) is 23.9 Å². The summed E-state index contributed by atoms with van der Waals surface area (Å²) in [7, 11) is -3.76. The number of anilines is 2. The molecule has 33 heavy (non-hydrogen) atoms. The highest BCUT2D eigenvalue weighted by Crippen LogP contribution is 2.30. The third-order valence-corrected chi connectivity index (χ3v) is 7.39. The number of nitrogens with two attached hydrogens (primary N) is 2. The highest BCUT2D eigenvalue weighted by atomic mass is 32.2. The first kappa shape index (κ1) is 21.2. The summed E-state index contributed by atoms with van der Waals surface area (Å²) >= 11 is 1.71. The van der Waals surface area contributed by atoms with Gasteiger partial charge in [0.1, 0.15) is 0 Å². The van der Waals surface area contributed by atoms with Crippen molar-refractivity contribution in [1.29, 1.82) is 0 Å². The molecule has 166 valence electrons. The number of thiophene rings is 1. The maximum absolute atomic E-state index is 11.6. The minimum atomic E-state index is -3.76. The fourth-order valence-corrected chi connectivity index (χ4v) is 5.24. The van der Waals surface area contributed by atoms with Crippen molar-refractivity contribution in [3.05, 3.63) is 89.8 Å². The number of nitrogens with zero attached hydrogens (tertiary/aromatic N) is 2. The van der Waals surface area contributed by atoms with Crippen LogP contribution >= 0.6 is 11.3 Å². The molecule has 2 aromatic heterocycles. The number of sulfonamides is 1. The third kappa shape index (κ3) is 4.09. The SMILES string of the molecule is C=C(N)c1ccc2c(c1)nc(Nc1ccc(S(N)(=O)=O)cc1)n2Cc1csc2ccccc12. The van der Waals surface area contributed by atoms with Gasteiger partial charge in [-0.1, -0.05) is 30.8 Å². The first-order valence-corrected chi connectivity index (χ1v) is 12.5. The van der Waals surface area contributed by atoms with E-state index in [2.05, 4.69) is 34.0 Å². The van der Waals surface area contributed by atoms with Gasteiger partial charge in [-0.05, 0) is 64.4 Å². The zero-order valence-corrected chi connectivity index (χ0v) is 19.2. The van der Waals surface area contributed by atoms with Crippen molar-refractivity contribution < 1.29 is 8.42 Å². The predicted octanol–water partition coefficient (Wildman–Crippen LogP) is 4.62. The molecule has 5 rings (SSSR count). The fourth-order valence-electron chi connectivity index (χ4n) is 3.77. The molecule has 9 heteroatoms. The maximum atomic E-state index is 11.6. The predicted molar refractivity (Wildman–Crippen MR) is 135 cm³/mol. The molecule has 0 atom stereocenters. The van der Waals surface area contributed by atoms with E-state index in [1.165, 1.54) is 27.8 Å². The van der Waals surface area contributed by atoms with Gasteiger partial charge in [-0.25, -0.2) is 18.5 Å². The van der Waals surface area contributed by atoms with Crippen LogP contribution < -0.4 is 16.2 Å². The number of aromatic nitrogens is 2. The Morgan fingerprint density at radius 1 is 1.09 bits per heavy atom. The van der Waals surface area contributed by atoms with Gasteiger partial charge in [-0.15, -0.1) is 11.3 Å². The lowest BCUT2D eigenvalue weighted by atomic mass is 10.1. The smallest absolute Gasteiger partial charge is 0.238 e. The van der Waals surface area contributed by atoms with Crippen molar-refractivity contribution in [1.82, 2.24) is 9.55 Å². The summed E-state index contributed by atoms with van der Waals surface area (Å²) < 4.78 is 26.5. The second kappa shape index (κ2) is 8.04. The lowest BCUT2D eigenvalue weighted by molar-refractivity contribution is 0.598. The summed E-state index contributed by atoms with van der Waals surface area (Å²) in [5, 5.41) is 11.9. The number of hydrogen-bond donors (Lipinski definition) is 3. The topological polar surface area (TPSA) is 116 Å². The highest BCUT2D eigenvalue weighted by Gasteiger charge is 2.15. The number of fused-ring (bicyclic) bond motifs is 2. The molecular formula is C24H21N5O2S2. The molecule has 5 N–H and O–H groups in total. The molecule has 3 aromatic carbocycles. The van der Waals surface area contributed by atoms with E-state index in [0.717, 1.165) is 16.6 Å². The normalized spacial score (nSPS) is 11.8. The van der Waals surface area contributed by atoms with Crippen molar-refractivity contribution in [2.24, 2.45) is 10.9 Å². The monoisotopic (exact) mass is 475 g/mol. The fraction of sp³-hybridized carbons (Fsp3) is 0.0417. The average molecular weight is 476 g/mol. The summed E-state index contributed by atoms with van der Waals surface area (Å²) in [6.07, 6.45) is 0. The van der Waals surface area contributed by atoms with Gasteiger partial charge in [0.25, 0.3) is 0 Å². The summed E-state index contributed by atoms with van der Waals surface area (Å²) in [5.41, 5.74) is 10.8. The number of benzene rings is 3. The molecule has 0 fully saturated rings. The van der Waals surface area contributed by atoms with E-state index in [9.17, 15) is 8.42 Å². The first-order chi connectivity index (χ1) is 15.8. The van der Waals surface area contributed by atoms with Crippen LogP contribution in [0.2, 0.25) is 0 Å². The molecule has 0 radical (unpaired) electrons. The Balaban J connectivity index is 1.59. The van der Waals surface area contributed by atoms with E-state index >= 15 is 0 Å². The van der Waals surface area contributed by atoms with E-state index in [1.807, 2.05) is 30.3 Å². The minimum absolute atomic E-state index is 0.0531. The standard InChI is InChI=1S/C24H21N5O2S2/c1-15(25)16-6-11-22-21(12-16)28-24(27-18-7-9-19(10-8-18)33(26,30)31)29(22)13-17-14-32-23-5-3-2-4-20(17)23/h2-12,14H,1,13,25H2,(H,27,28)(H2,26,30,31). The molecule has 0 saturated heterocycles. The molecule has 5 aromatic rings. The molecule has 0 bridgehead atoms. The van der Waals surface area contributed by atoms with Crippen molar-refractivity contribution >= 4 is 59.8 Å². The number of primary sulfonamides is 1. The average Bonchev–Trinajstić information content (AvgIpc) is 3.35. The molecule has 0 aliphatic heterocycles. The summed E-state index contributed by atoms with van der Waals surface area (Å²) in [6, 6.07) is 20.4. The number of nitrogens with one attached hydrogen (secondary N) is 1. The molecule has 0 saturated carbocycles. The van der Waals surface area contributed by atoms with Crippen LogP contribution in [0.5, 0.6) is 0 Å². The molecule has 0 aliphatic carbocycles. The largest absolute Gasteiger partial charge is 0.399 e. The van der Waals surface area contributed by atoms with Gasteiger partial charge in [0.05, 0.1) is 22.5 Å². The number of hydrogen-bond acceptors (Lipinski definition) is 6. The maximum Gasteiger partial charge on any atom is 0.238 e. The molecule has 0 aliphatic rings. The van der Waals surface area contributed by atoms with Gasteiger partial charge in [-0.2, -0.15) is 0 Å². The van der Waals surface area contributed by atoms with Crippen LogP contribution in [0, 0.1) is 0 Å². The lowest BCUT2D eigenvalue weighted by Crippen LogP contribution is -2.12. The second-order valence-corrected chi connectivity index (χ2v) is 10.2. The lowest BCUT2D eigenvalue weighted by Gasteiger charge is -2.11. The summed E-state index contributed by atoms with van der Waals surface area (Å²) in [6.45, 7) is 4.43. The van der Waals surface area contributed by atoms with Crippen LogP contribution in [-0.2, 0) is 16.6 Å². The van der Waals surface area contributed by atoms with Crippen LogP contribution in [-0.4, -0.2) is 18.0 Å². The van der Waals surface area contributed by atoms with Crippen LogP contribution in [0.3, 0.4) is 0 Å². The highest BCUT2D eigenvalue weighted by molar-refractivity contribution is 7.89. The summed E-state index contributed by atoms with van der Waals surface area (Å²) in [5.74, 6) is 0.628. The van der Waals surface area contributed by atoms with Crippen LogP contribution in [0.15, 0.2) is 83.6 Å². The number of rotatable bonds is 6. The van der Waals surface area contributed by atoms with Gasteiger partial charge in [-0.3, -0.25) is 0 Å². The van der Waals surface area contributed by atoms with Crippen molar-refractivity contribution in [2.75, 3.05) is 5.32 Å². The molecule has 0 amide bonds. The molecule has 0 spiro atoms. The van der Waals surface area contributed by atoms with Crippen molar-refractivity contribution in [3.8, 4) is 0 Å². The molecule has 0 unspecified atom stereocenters. The minimum Gasteiger partial charge on any atom is -0.399 e. The van der Waals surface area contributed by atoms with E-state index in [1.54, 1.807) is 23.5 Å². The molecule has 7 nitrogen and oxygen atoms in total. The van der Waals surface area contributed by atoms with E-state index in [-0.39, 0.29) is 4.90 Å². The summed E-state index contributed by atoms with van der Waals surface area (Å²) in [4.78, 5) is 4.85. The quantitative estimate of drug-likeness (QED) is 0.331. The Labute approximate surface area is 195 Å². The van der Waals surface area contributed by atoms with Crippen LogP contribution in [0.25, 0.3) is 26.8 Å². The van der Waals surface area contributed by atoms with Gasteiger partial charge < -0.3 is 15.6 Å². The van der Waals surface area contributed by atoms with E-state index < -0.39 is 10.0 Å².